The highest BCUT2D eigenvalue weighted by Crippen LogP contribution is 2.30. The Hall–Kier alpha value is -1.69. The lowest BCUT2D eigenvalue weighted by Crippen LogP contribution is -2.49. The number of amides is 1. The Kier molecular flexibility index (Phi) is 4.05. The molecule has 2 bridgehead atoms. The first-order valence-electron chi connectivity index (χ1n) is 7.53. The second-order valence-electron chi connectivity index (χ2n) is 5.86. The lowest BCUT2D eigenvalue weighted by molar-refractivity contribution is -0.140. The van der Waals surface area contributed by atoms with Gasteiger partial charge in [-0.15, -0.1) is 0 Å². The summed E-state index contributed by atoms with van der Waals surface area (Å²) < 4.78 is 5.14. The molecule has 0 radical (unpaired) electrons. The first kappa shape index (κ1) is 14.3. The summed E-state index contributed by atoms with van der Waals surface area (Å²) in [5.41, 5.74) is 0.958. The number of methoxy groups -OCH3 is 1. The molecule has 0 saturated carbocycles. The molecule has 4 heterocycles. The van der Waals surface area contributed by atoms with Crippen LogP contribution in [0.5, 0.6) is 0 Å². The van der Waals surface area contributed by atoms with Gasteiger partial charge in [0.1, 0.15) is 0 Å². The van der Waals surface area contributed by atoms with Gasteiger partial charge < -0.3 is 14.5 Å². The van der Waals surface area contributed by atoms with Gasteiger partial charge in [-0.2, -0.15) is 0 Å². The van der Waals surface area contributed by atoms with Gasteiger partial charge in [0, 0.05) is 44.7 Å². The van der Waals surface area contributed by atoms with Crippen molar-refractivity contribution in [3.63, 3.8) is 0 Å². The van der Waals surface area contributed by atoms with Gasteiger partial charge in [-0.05, 0) is 25.8 Å². The van der Waals surface area contributed by atoms with Gasteiger partial charge in [0.15, 0.2) is 0 Å². The molecule has 0 N–H and O–H groups in total. The Morgan fingerprint density at radius 1 is 1.38 bits per heavy atom. The Morgan fingerprint density at radius 3 is 3.00 bits per heavy atom. The molecule has 6 heteroatoms. The molecule has 3 fully saturated rings. The van der Waals surface area contributed by atoms with Crippen LogP contribution in [-0.4, -0.2) is 60.2 Å². The highest BCUT2D eigenvalue weighted by atomic mass is 16.5. The minimum atomic E-state index is 0.0599. The highest BCUT2D eigenvalue weighted by Gasteiger charge is 2.40. The van der Waals surface area contributed by atoms with E-state index in [0.29, 0.717) is 13.2 Å². The summed E-state index contributed by atoms with van der Waals surface area (Å²) >= 11 is 0. The summed E-state index contributed by atoms with van der Waals surface area (Å²) in [5.74, 6) is 1.07. The smallest absolute Gasteiger partial charge is 0.227 e. The third kappa shape index (κ3) is 2.85. The second kappa shape index (κ2) is 5.97. The molecule has 0 spiro atoms. The second-order valence-corrected chi connectivity index (χ2v) is 5.86. The standard InChI is InChI=1S/C15H22N4O2/c1-11-5-6-16-15(17-11)18-9-12-3-4-13(10-18)19(14(12)20)7-8-21-2/h5-6,12-13H,3-4,7-10H2,1-2H3/t12-,13+/m0/s1. The molecule has 6 nitrogen and oxygen atoms in total. The van der Waals surface area contributed by atoms with Crippen LogP contribution in [0.15, 0.2) is 12.3 Å². The van der Waals surface area contributed by atoms with E-state index in [9.17, 15) is 4.79 Å². The number of piperidine rings is 1. The summed E-state index contributed by atoms with van der Waals surface area (Å²) in [5, 5.41) is 0. The number of carbonyl (C=O) groups excluding carboxylic acids is 1. The van der Waals surface area contributed by atoms with Crippen LogP contribution in [0, 0.1) is 12.8 Å². The van der Waals surface area contributed by atoms with Crippen LogP contribution in [0.4, 0.5) is 5.95 Å². The van der Waals surface area contributed by atoms with E-state index in [4.69, 9.17) is 4.74 Å². The number of aromatic nitrogens is 2. The van der Waals surface area contributed by atoms with Crippen molar-refractivity contribution in [1.29, 1.82) is 0 Å². The Labute approximate surface area is 125 Å². The van der Waals surface area contributed by atoms with Crippen molar-refractivity contribution >= 4 is 11.9 Å². The van der Waals surface area contributed by atoms with Crippen molar-refractivity contribution < 1.29 is 9.53 Å². The van der Waals surface area contributed by atoms with Crippen LogP contribution in [0.1, 0.15) is 18.5 Å². The zero-order valence-corrected chi connectivity index (χ0v) is 12.7. The number of hydrogen-bond donors (Lipinski definition) is 0. The van der Waals surface area contributed by atoms with Crippen LogP contribution in [-0.2, 0) is 9.53 Å². The van der Waals surface area contributed by atoms with Gasteiger partial charge in [-0.1, -0.05) is 0 Å². The summed E-state index contributed by atoms with van der Waals surface area (Å²) in [6.07, 6.45) is 3.81. The molecule has 21 heavy (non-hydrogen) atoms. The van der Waals surface area contributed by atoms with E-state index in [2.05, 4.69) is 14.9 Å². The lowest BCUT2D eigenvalue weighted by atomic mass is 9.94. The molecule has 3 aliphatic rings. The average Bonchev–Trinajstić information content (AvgIpc) is 2.77. The van der Waals surface area contributed by atoms with E-state index in [1.807, 2.05) is 17.9 Å². The molecule has 0 aromatic carbocycles. The van der Waals surface area contributed by atoms with Crippen LogP contribution >= 0.6 is 0 Å². The molecule has 1 amide bonds. The summed E-state index contributed by atoms with van der Waals surface area (Å²) in [7, 11) is 1.67. The van der Waals surface area contributed by atoms with Gasteiger partial charge >= 0.3 is 0 Å². The van der Waals surface area contributed by atoms with Crippen LogP contribution in [0.25, 0.3) is 0 Å². The Morgan fingerprint density at radius 2 is 2.24 bits per heavy atom. The largest absolute Gasteiger partial charge is 0.383 e. The topological polar surface area (TPSA) is 58.6 Å². The Bertz CT molecular complexity index is 522. The summed E-state index contributed by atoms with van der Waals surface area (Å²) in [4.78, 5) is 25.6. The maximum atomic E-state index is 12.6. The zero-order chi connectivity index (χ0) is 14.8. The van der Waals surface area contributed by atoms with E-state index in [-0.39, 0.29) is 17.9 Å². The maximum Gasteiger partial charge on any atom is 0.227 e. The summed E-state index contributed by atoms with van der Waals surface area (Å²) in [6, 6.07) is 2.14. The van der Waals surface area contributed by atoms with Crippen molar-refractivity contribution in [3.05, 3.63) is 18.0 Å². The van der Waals surface area contributed by atoms with E-state index >= 15 is 0 Å². The third-order valence-electron chi connectivity index (χ3n) is 4.39. The number of ether oxygens (including phenoxy) is 1. The average molecular weight is 290 g/mol. The number of nitrogens with zero attached hydrogens (tertiary/aromatic N) is 4. The van der Waals surface area contributed by atoms with Gasteiger partial charge in [0.2, 0.25) is 11.9 Å². The van der Waals surface area contributed by atoms with Crippen LogP contribution in [0.3, 0.4) is 0 Å². The number of anilines is 1. The Balaban J connectivity index is 1.81. The fourth-order valence-corrected chi connectivity index (χ4v) is 3.28. The van der Waals surface area contributed by atoms with Crippen molar-refractivity contribution in [1.82, 2.24) is 14.9 Å². The summed E-state index contributed by atoms with van der Waals surface area (Å²) in [6.45, 7) is 4.78. The molecule has 1 aromatic heterocycles. The fraction of sp³-hybridized carbons (Fsp3) is 0.667. The number of hydrogen-bond acceptors (Lipinski definition) is 5. The van der Waals surface area contributed by atoms with Gasteiger partial charge in [0.25, 0.3) is 0 Å². The molecular formula is C15H22N4O2. The molecule has 114 valence electrons. The lowest BCUT2D eigenvalue weighted by Gasteiger charge is -2.35. The van der Waals surface area contributed by atoms with Gasteiger partial charge in [-0.25, -0.2) is 9.97 Å². The molecule has 3 aliphatic heterocycles. The van der Waals surface area contributed by atoms with E-state index in [0.717, 1.165) is 37.6 Å². The monoisotopic (exact) mass is 290 g/mol. The van der Waals surface area contributed by atoms with Crippen molar-refractivity contribution in [2.45, 2.75) is 25.8 Å². The SMILES string of the molecule is COCCN1C(=O)[C@H]2CC[C@@H]1CN(c1nccc(C)n1)C2. The minimum absolute atomic E-state index is 0.0599. The van der Waals surface area contributed by atoms with E-state index in [1.165, 1.54) is 0 Å². The highest BCUT2D eigenvalue weighted by molar-refractivity contribution is 5.81. The zero-order valence-electron chi connectivity index (χ0n) is 12.7. The molecule has 0 unspecified atom stereocenters. The normalized spacial score (nSPS) is 25.3. The van der Waals surface area contributed by atoms with E-state index < -0.39 is 0 Å². The first-order valence-corrected chi connectivity index (χ1v) is 7.53. The van der Waals surface area contributed by atoms with Crippen molar-refractivity contribution in [3.8, 4) is 0 Å². The predicted molar refractivity (Wildman–Crippen MR) is 79.1 cm³/mol. The number of rotatable bonds is 4. The van der Waals surface area contributed by atoms with Gasteiger partial charge in [0.05, 0.1) is 12.5 Å². The number of fused-ring (bicyclic) bond motifs is 4. The molecule has 1 aromatic rings. The molecule has 3 saturated heterocycles. The van der Waals surface area contributed by atoms with E-state index in [1.54, 1.807) is 13.3 Å². The van der Waals surface area contributed by atoms with Crippen LogP contribution < -0.4 is 4.90 Å². The maximum absolute atomic E-state index is 12.6. The van der Waals surface area contributed by atoms with Crippen molar-refractivity contribution in [2.24, 2.45) is 5.92 Å². The van der Waals surface area contributed by atoms with Crippen molar-refractivity contribution in [2.75, 3.05) is 38.3 Å². The molecule has 0 aliphatic carbocycles. The van der Waals surface area contributed by atoms with Crippen LogP contribution in [0.2, 0.25) is 0 Å². The first-order chi connectivity index (χ1) is 10.2. The predicted octanol–water partition coefficient (Wildman–Crippen LogP) is 0.859. The number of aryl methyl sites for hydroxylation is 1. The third-order valence-corrected chi connectivity index (χ3v) is 4.39. The number of carbonyl (C=O) groups is 1. The molecular weight excluding hydrogens is 268 g/mol. The fourth-order valence-electron chi connectivity index (χ4n) is 3.28. The molecule has 4 rings (SSSR count). The van der Waals surface area contributed by atoms with Gasteiger partial charge in [-0.3, -0.25) is 4.79 Å². The minimum Gasteiger partial charge on any atom is -0.383 e. The quantitative estimate of drug-likeness (QED) is 0.823. The molecule has 2 atom stereocenters.